The van der Waals surface area contributed by atoms with Gasteiger partial charge >= 0.3 is 0 Å². The van der Waals surface area contributed by atoms with Crippen LogP contribution in [0.15, 0.2) is 41.8 Å². The third-order valence-electron chi connectivity index (χ3n) is 1.83. The molecule has 0 unspecified atom stereocenters. The molecule has 12 heavy (non-hydrogen) atoms. The van der Waals surface area contributed by atoms with Crippen molar-refractivity contribution >= 4 is 11.3 Å². The van der Waals surface area contributed by atoms with Gasteiger partial charge in [0.2, 0.25) is 0 Å². The second-order valence-electron chi connectivity index (χ2n) is 2.62. The maximum atomic E-state index is 3.98. The molecule has 0 N–H and O–H groups in total. The van der Waals surface area contributed by atoms with Crippen molar-refractivity contribution in [2.75, 3.05) is 0 Å². The van der Waals surface area contributed by atoms with Crippen molar-refractivity contribution in [1.82, 2.24) is 0 Å². The zero-order chi connectivity index (χ0) is 8.39. The van der Waals surface area contributed by atoms with Crippen molar-refractivity contribution in [3.8, 4) is 11.1 Å². The SMILES string of the molecule is [CH2]c1sccc1-c1ccccc1. The van der Waals surface area contributed by atoms with Gasteiger partial charge in [-0.25, -0.2) is 0 Å². The van der Waals surface area contributed by atoms with Crippen LogP contribution in [0.5, 0.6) is 0 Å². The molecule has 2 aromatic rings. The van der Waals surface area contributed by atoms with E-state index in [4.69, 9.17) is 0 Å². The summed E-state index contributed by atoms with van der Waals surface area (Å²) in [4.78, 5) is 1.14. The highest BCUT2D eigenvalue weighted by molar-refractivity contribution is 7.10. The average molecular weight is 173 g/mol. The molecule has 0 spiro atoms. The molecule has 0 fully saturated rings. The molecule has 0 aliphatic carbocycles. The topological polar surface area (TPSA) is 0 Å². The maximum absolute atomic E-state index is 3.98. The fourth-order valence-electron chi connectivity index (χ4n) is 1.22. The molecule has 1 heterocycles. The third-order valence-corrected chi connectivity index (χ3v) is 2.61. The highest BCUT2D eigenvalue weighted by Crippen LogP contribution is 2.26. The first-order chi connectivity index (χ1) is 5.88. The molecule has 2 rings (SSSR count). The molecule has 1 aromatic carbocycles. The highest BCUT2D eigenvalue weighted by Gasteiger charge is 2.00. The van der Waals surface area contributed by atoms with Crippen LogP contribution in [0.3, 0.4) is 0 Å². The first-order valence-electron chi connectivity index (χ1n) is 3.83. The van der Waals surface area contributed by atoms with Crippen LogP contribution in [0.2, 0.25) is 0 Å². The van der Waals surface area contributed by atoms with E-state index >= 15 is 0 Å². The summed E-state index contributed by atoms with van der Waals surface area (Å²) in [5.41, 5.74) is 2.50. The van der Waals surface area contributed by atoms with Gasteiger partial charge in [0.05, 0.1) is 0 Å². The highest BCUT2D eigenvalue weighted by atomic mass is 32.1. The van der Waals surface area contributed by atoms with Gasteiger partial charge in [-0.1, -0.05) is 30.3 Å². The lowest BCUT2D eigenvalue weighted by molar-refractivity contribution is 1.66. The van der Waals surface area contributed by atoms with Crippen LogP contribution >= 0.6 is 11.3 Å². The minimum Gasteiger partial charge on any atom is -0.148 e. The van der Waals surface area contributed by atoms with Crippen molar-refractivity contribution in [2.24, 2.45) is 0 Å². The van der Waals surface area contributed by atoms with Gasteiger partial charge in [-0.05, 0) is 29.5 Å². The molecule has 0 saturated heterocycles. The van der Waals surface area contributed by atoms with E-state index in [0.717, 1.165) is 4.88 Å². The van der Waals surface area contributed by atoms with E-state index in [9.17, 15) is 0 Å². The molecule has 59 valence electrons. The molecule has 1 radical (unpaired) electrons. The summed E-state index contributed by atoms with van der Waals surface area (Å²) in [7, 11) is 0. The fraction of sp³-hybridized carbons (Fsp3) is 0. The number of thiophene rings is 1. The van der Waals surface area contributed by atoms with E-state index in [1.54, 1.807) is 11.3 Å². The number of rotatable bonds is 1. The summed E-state index contributed by atoms with van der Waals surface area (Å²) >= 11 is 1.69. The zero-order valence-corrected chi connectivity index (χ0v) is 7.47. The third kappa shape index (κ3) is 1.28. The molecule has 1 aromatic heterocycles. The first-order valence-corrected chi connectivity index (χ1v) is 4.71. The molecule has 0 bridgehead atoms. The minimum atomic E-state index is 1.14. The summed E-state index contributed by atoms with van der Waals surface area (Å²) in [6.07, 6.45) is 0. The van der Waals surface area contributed by atoms with Crippen molar-refractivity contribution in [3.63, 3.8) is 0 Å². The lowest BCUT2D eigenvalue weighted by atomic mass is 10.1. The molecule has 0 aliphatic heterocycles. The normalized spacial score (nSPS) is 10.1. The Morgan fingerprint density at radius 2 is 1.75 bits per heavy atom. The van der Waals surface area contributed by atoms with Crippen LogP contribution in [0.25, 0.3) is 11.1 Å². The standard InChI is InChI=1S/C11H9S/c1-9-11(7-8-12-9)10-5-3-2-4-6-10/h2-8H,1H2. The van der Waals surface area contributed by atoms with Gasteiger partial charge in [-0.2, -0.15) is 0 Å². The van der Waals surface area contributed by atoms with E-state index in [2.05, 4.69) is 30.5 Å². The Morgan fingerprint density at radius 3 is 2.33 bits per heavy atom. The quantitative estimate of drug-likeness (QED) is 0.618. The van der Waals surface area contributed by atoms with Crippen molar-refractivity contribution in [1.29, 1.82) is 0 Å². The predicted molar refractivity (Wildman–Crippen MR) is 54.2 cm³/mol. The van der Waals surface area contributed by atoms with E-state index in [0.29, 0.717) is 0 Å². The summed E-state index contributed by atoms with van der Waals surface area (Å²) in [5.74, 6) is 0. The van der Waals surface area contributed by atoms with Gasteiger partial charge in [0, 0.05) is 4.88 Å². The lowest BCUT2D eigenvalue weighted by Gasteiger charge is -1.97. The van der Waals surface area contributed by atoms with Gasteiger partial charge in [0.15, 0.2) is 0 Å². The fourth-order valence-corrected chi connectivity index (χ4v) is 1.90. The van der Waals surface area contributed by atoms with Crippen molar-refractivity contribution < 1.29 is 0 Å². The first kappa shape index (κ1) is 7.56. The van der Waals surface area contributed by atoms with Gasteiger partial charge in [-0.3, -0.25) is 0 Å². The van der Waals surface area contributed by atoms with E-state index < -0.39 is 0 Å². The molecule has 0 saturated carbocycles. The van der Waals surface area contributed by atoms with Crippen LogP contribution in [0.4, 0.5) is 0 Å². The summed E-state index contributed by atoms with van der Waals surface area (Å²) in [6.45, 7) is 3.98. The second kappa shape index (κ2) is 3.11. The minimum absolute atomic E-state index is 1.14. The molecule has 0 atom stereocenters. The summed E-state index contributed by atoms with van der Waals surface area (Å²) in [6, 6.07) is 12.5. The Hall–Kier alpha value is -1.08. The molecular formula is C11H9S. The van der Waals surface area contributed by atoms with Crippen molar-refractivity contribution in [2.45, 2.75) is 0 Å². The Morgan fingerprint density at radius 1 is 1.00 bits per heavy atom. The van der Waals surface area contributed by atoms with Crippen LogP contribution in [0, 0.1) is 6.92 Å². The Balaban J connectivity index is 2.51. The van der Waals surface area contributed by atoms with E-state index in [1.807, 2.05) is 18.2 Å². The van der Waals surface area contributed by atoms with Gasteiger partial charge < -0.3 is 0 Å². The second-order valence-corrected chi connectivity index (χ2v) is 3.62. The number of hydrogen-bond acceptors (Lipinski definition) is 1. The zero-order valence-electron chi connectivity index (χ0n) is 6.66. The molecule has 1 heteroatoms. The predicted octanol–water partition coefficient (Wildman–Crippen LogP) is 3.60. The summed E-state index contributed by atoms with van der Waals surface area (Å²) < 4.78 is 0. The molecular weight excluding hydrogens is 164 g/mol. The van der Waals surface area contributed by atoms with Crippen LogP contribution in [-0.4, -0.2) is 0 Å². The van der Waals surface area contributed by atoms with E-state index in [1.165, 1.54) is 11.1 Å². The molecule has 0 amide bonds. The van der Waals surface area contributed by atoms with Gasteiger partial charge in [-0.15, -0.1) is 11.3 Å². The number of hydrogen-bond donors (Lipinski definition) is 0. The maximum Gasteiger partial charge on any atom is 0.0127 e. The average Bonchev–Trinajstić information content (AvgIpc) is 2.53. The molecule has 0 nitrogen and oxygen atoms in total. The van der Waals surface area contributed by atoms with Crippen LogP contribution in [0.1, 0.15) is 4.88 Å². The Kier molecular flexibility index (Phi) is 1.96. The van der Waals surface area contributed by atoms with Gasteiger partial charge in [0.25, 0.3) is 0 Å². The summed E-state index contributed by atoms with van der Waals surface area (Å²) in [5, 5.41) is 2.07. The van der Waals surface area contributed by atoms with E-state index in [-0.39, 0.29) is 0 Å². The lowest BCUT2D eigenvalue weighted by Crippen LogP contribution is -1.73. The Labute approximate surface area is 76.5 Å². The van der Waals surface area contributed by atoms with Gasteiger partial charge in [0.1, 0.15) is 0 Å². The number of benzene rings is 1. The van der Waals surface area contributed by atoms with Crippen LogP contribution in [-0.2, 0) is 0 Å². The molecule has 0 aliphatic rings. The van der Waals surface area contributed by atoms with Crippen molar-refractivity contribution in [3.05, 3.63) is 53.6 Å². The van der Waals surface area contributed by atoms with Crippen LogP contribution < -0.4 is 0 Å². The monoisotopic (exact) mass is 173 g/mol. The Bertz CT molecular complexity index is 360. The largest absolute Gasteiger partial charge is 0.148 e. The smallest absolute Gasteiger partial charge is 0.0127 e.